The summed E-state index contributed by atoms with van der Waals surface area (Å²) < 4.78 is 59.3. The summed E-state index contributed by atoms with van der Waals surface area (Å²) in [5.74, 6) is -0.930. The van der Waals surface area contributed by atoms with E-state index in [1.807, 2.05) is 0 Å². The van der Waals surface area contributed by atoms with E-state index in [4.69, 9.17) is 11.6 Å². The smallest absolute Gasteiger partial charge is 0.325 e. The summed E-state index contributed by atoms with van der Waals surface area (Å²) in [4.78, 5) is 11.9. The Balaban J connectivity index is 3.14. The molecule has 9 heteroatoms. The van der Waals surface area contributed by atoms with Crippen LogP contribution in [-0.4, -0.2) is 25.3 Å². The van der Waals surface area contributed by atoms with Gasteiger partial charge in [-0.1, -0.05) is 11.6 Å². The first-order valence-electron chi connectivity index (χ1n) is 5.64. The Morgan fingerprint density at radius 3 is 2.19 bits per heavy atom. The molecule has 0 radical (unpaired) electrons. The first-order chi connectivity index (χ1) is 9.26. The number of alkyl halides is 3. The molecule has 0 aliphatic heterocycles. The minimum absolute atomic E-state index is 0.187. The predicted molar refractivity (Wildman–Crippen MR) is 74.0 cm³/mol. The molecule has 21 heavy (non-hydrogen) atoms. The SMILES string of the molecule is CC(C)(C(=O)Nc1ccc(Cl)c(C(F)(F)F)c1)S(C)(=O)=O. The first kappa shape index (κ1) is 17.8. The molecule has 1 N–H and O–H groups in total. The number of benzene rings is 1. The number of anilines is 1. The molecule has 4 nitrogen and oxygen atoms in total. The van der Waals surface area contributed by atoms with Gasteiger partial charge in [-0.15, -0.1) is 0 Å². The van der Waals surface area contributed by atoms with Crippen LogP contribution in [0.1, 0.15) is 19.4 Å². The van der Waals surface area contributed by atoms with Gasteiger partial charge >= 0.3 is 6.18 Å². The van der Waals surface area contributed by atoms with Crippen LogP contribution in [0, 0.1) is 0 Å². The highest BCUT2D eigenvalue weighted by atomic mass is 35.5. The van der Waals surface area contributed by atoms with Crippen LogP contribution in [0.4, 0.5) is 18.9 Å². The highest BCUT2D eigenvalue weighted by Crippen LogP contribution is 2.36. The number of nitrogens with one attached hydrogen (secondary N) is 1. The summed E-state index contributed by atoms with van der Waals surface area (Å²) in [6.07, 6.45) is -3.81. The minimum atomic E-state index is -4.68. The molecule has 0 aliphatic rings. The fourth-order valence-electron chi connectivity index (χ4n) is 1.27. The zero-order chi connectivity index (χ0) is 16.6. The number of hydrogen-bond donors (Lipinski definition) is 1. The number of sulfone groups is 1. The van der Waals surface area contributed by atoms with E-state index in [1.54, 1.807) is 0 Å². The quantitative estimate of drug-likeness (QED) is 0.917. The molecule has 1 rings (SSSR count). The maximum atomic E-state index is 12.7. The number of amides is 1. The highest BCUT2D eigenvalue weighted by Gasteiger charge is 2.39. The van der Waals surface area contributed by atoms with Gasteiger partial charge in [-0.2, -0.15) is 13.2 Å². The molecule has 118 valence electrons. The summed E-state index contributed by atoms with van der Waals surface area (Å²) in [5.41, 5.74) is -1.30. The predicted octanol–water partition coefficient (Wildman–Crippen LogP) is 3.12. The zero-order valence-corrected chi connectivity index (χ0v) is 12.9. The van der Waals surface area contributed by atoms with Crippen LogP contribution in [0.2, 0.25) is 5.02 Å². The van der Waals surface area contributed by atoms with Gasteiger partial charge in [-0.05, 0) is 32.0 Å². The monoisotopic (exact) mass is 343 g/mol. The highest BCUT2D eigenvalue weighted by molar-refractivity contribution is 7.92. The van der Waals surface area contributed by atoms with E-state index in [0.29, 0.717) is 6.07 Å². The largest absolute Gasteiger partial charge is 0.417 e. The van der Waals surface area contributed by atoms with Crippen LogP contribution in [-0.2, 0) is 20.8 Å². The van der Waals surface area contributed by atoms with E-state index in [0.717, 1.165) is 32.2 Å². The number of carbonyl (C=O) groups excluding carboxylic acids is 1. The van der Waals surface area contributed by atoms with Crippen LogP contribution >= 0.6 is 11.6 Å². The molecule has 0 aromatic heterocycles. The average Bonchev–Trinajstić information content (AvgIpc) is 2.28. The van der Waals surface area contributed by atoms with Crippen molar-refractivity contribution >= 4 is 33.0 Å². The Hall–Kier alpha value is -1.28. The van der Waals surface area contributed by atoms with Crippen LogP contribution in [0.25, 0.3) is 0 Å². The third kappa shape index (κ3) is 3.88. The van der Waals surface area contributed by atoms with Crippen LogP contribution in [0.3, 0.4) is 0 Å². The van der Waals surface area contributed by atoms with Crippen molar-refractivity contribution in [2.24, 2.45) is 0 Å². The second-order valence-electron chi connectivity index (χ2n) is 4.93. The van der Waals surface area contributed by atoms with Crippen molar-refractivity contribution in [3.8, 4) is 0 Å². The van der Waals surface area contributed by atoms with E-state index in [1.165, 1.54) is 0 Å². The molecular formula is C12H13ClF3NO3S. The molecule has 0 saturated carbocycles. The van der Waals surface area contributed by atoms with E-state index >= 15 is 0 Å². The van der Waals surface area contributed by atoms with Crippen molar-refractivity contribution in [3.63, 3.8) is 0 Å². The number of halogens is 4. The van der Waals surface area contributed by atoms with Crippen molar-refractivity contribution in [1.82, 2.24) is 0 Å². The van der Waals surface area contributed by atoms with Gasteiger partial charge < -0.3 is 5.32 Å². The first-order valence-corrected chi connectivity index (χ1v) is 7.91. The van der Waals surface area contributed by atoms with Gasteiger partial charge in [0.2, 0.25) is 5.91 Å². The molecule has 1 amide bonds. The molecule has 0 heterocycles. The van der Waals surface area contributed by atoms with Gasteiger partial charge in [0.05, 0.1) is 10.6 Å². The molecule has 0 bridgehead atoms. The second-order valence-corrected chi connectivity index (χ2v) is 7.90. The van der Waals surface area contributed by atoms with E-state index < -0.39 is 37.3 Å². The van der Waals surface area contributed by atoms with E-state index in [9.17, 15) is 26.4 Å². The van der Waals surface area contributed by atoms with Crippen LogP contribution in [0.5, 0.6) is 0 Å². The zero-order valence-electron chi connectivity index (χ0n) is 11.4. The van der Waals surface area contributed by atoms with Crippen molar-refractivity contribution < 1.29 is 26.4 Å². The third-order valence-electron chi connectivity index (χ3n) is 3.00. The molecule has 0 saturated heterocycles. The van der Waals surface area contributed by atoms with Crippen molar-refractivity contribution in [1.29, 1.82) is 0 Å². The minimum Gasteiger partial charge on any atom is -0.325 e. The van der Waals surface area contributed by atoms with E-state index in [-0.39, 0.29) is 5.69 Å². The molecule has 0 spiro atoms. The van der Waals surface area contributed by atoms with Crippen molar-refractivity contribution in [3.05, 3.63) is 28.8 Å². The summed E-state index contributed by atoms with van der Waals surface area (Å²) in [6, 6.07) is 2.79. The Labute approximate surface area is 125 Å². The molecule has 1 aromatic rings. The molecule has 0 aliphatic carbocycles. The molecule has 0 unspecified atom stereocenters. The molecule has 0 fully saturated rings. The lowest BCUT2D eigenvalue weighted by atomic mass is 10.1. The average molecular weight is 344 g/mol. The Morgan fingerprint density at radius 2 is 1.76 bits per heavy atom. The molecular weight excluding hydrogens is 331 g/mol. The standard InChI is InChI=1S/C12H13ClF3NO3S/c1-11(2,21(3,19)20)10(18)17-7-4-5-9(13)8(6-7)12(14,15)16/h4-6H,1-3H3,(H,17,18). The summed E-state index contributed by atoms with van der Waals surface area (Å²) in [6.45, 7) is 2.33. The maximum Gasteiger partial charge on any atom is 0.417 e. The van der Waals surface area contributed by atoms with E-state index in [2.05, 4.69) is 5.32 Å². The lowest BCUT2D eigenvalue weighted by Gasteiger charge is -2.21. The lowest BCUT2D eigenvalue weighted by Crippen LogP contribution is -2.43. The van der Waals surface area contributed by atoms with Gasteiger partial charge in [0.15, 0.2) is 9.84 Å². The Morgan fingerprint density at radius 1 is 1.24 bits per heavy atom. The summed E-state index contributed by atoms with van der Waals surface area (Å²) >= 11 is 5.45. The fraction of sp³-hybridized carbons (Fsp3) is 0.417. The molecule has 0 atom stereocenters. The number of carbonyl (C=O) groups is 1. The number of hydrogen-bond acceptors (Lipinski definition) is 3. The second kappa shape index (κ2) is 5.49. The third-order valence-corrected chi connectivity index (χ3v) is 5.37. The van der Waals surface area contributed by atoms with Gasteiger partial charge in [-0.3, -0.25) is 4.79 Å². The topological polar surface area (TPSA) is 63.2 Å². The van der Waals surface area contributed by atoms with Gasteiger partial charge in [0, 0.05) is 11.9 Å². The van der Waals surface area contributed by atoms with Crippen LogP contribution in [0.15, 0.2) is 18.2 Å². The Bertz CT molecular complexity index is 669. The Kier molecular flexibility index (Phi) is 4.65. The van der Waals surface area contributed by atoms with Crippen LogP contribution < -0.4 is 5.32 Å². The van der Waals surface area contributed by atoms with Gasteiger partial charge in [-0.25, -0.2) is 8.42 Å². The van der Waals surface area contributed by atoms with Gasteiger partial charge in [0.25, 0.3) is 0 Å². The van der Waals surface area contributed by atoms with Crippen molar-refractivity contribution in [2.75, 3.05) is 11.6 Å². The maximum absolute atomic E-state index is 12.7. The fourth-order valence-corrected chi connectivity index (χ4v) is 1.88. The number of rotatable bonds is 3. The van der Waals surface area contributed by atoms with Gasteiger partial charge in [0.1, 0.15) is 4.75 Å². The van der Waals surface area contributed by atoms with Crippen molar-refractivity contribution in [2.45, 2.75) is 24.8 Å². The molecule has 1 aromatic carbocycles. The lowest BCUT2D eigenvalue weighted by molar-refractivity contribution is -0.137. The summed E-state index contributed by atoms with van der Waals surface area (Å²) in [5, 5.41) is 1.64. The summed E-state index contributed by atoms with van der Waals surface area (Å²) in [7, 11) is -3.73. The normalized spacial score (nSPS) is 13.1.